The number of halogens is 3. The minimum Gasteiger partial charge on any atom is -0.366 e. The molecule has 0 spiro atoms. The highest BCUT2D eigenvalue weighted by Crippen LogP contribution is 2.42. The topological polar surface area (TPSA) is 90.0 Å². The molecule has 1 heterocycles. The number of primary amides is 1. The summed E-state index contributed by atoms with van der Waals surface area (Å²) < 4.78 is 39.6. The zero-order chi connectivity index (χ0) is 18.2. The molecule has 3 N–H and O–H groups in total. The van der Waals surface area contributed by atoms with Crippen molar-refractivity contribution in [3.8, 4) is 0 Å². The van der Waals surface area contributed by atoms with E-state index in [2.05, 4.69) is 10.4 Å². The molecule has 0 bridgehead atoms. The van der Waals surface area contributed by atoms with Gasteiger partial charge in [-0.25, -0.2) is 0 Å². The van der Waals surface area contributed by atoms with Crippen LogP contribution in [0.15, 0.2) is 30.3 Å². The summed E-state index contributed by atoms with van der Waals surface area (Å²) in [7, 11) is 0. The number of hydrogen-bond acceptors (Lipinski definition) is 3. The van der Waals surface area contributed by atoms with Crippen molar-refractivity contribution >= 4 is 17.5 Å². The molecule has 1 fully saturated rings. The number of nitrogens with zero attached hydrogens (tertiary/aromatic N) is 2. The molecule has 0 aliphatic heterocycles. The summed E-state index contributed by atoms with van der Waals surface area (Å²) in [4.78, 5) is 23.1. The maximum absolute atomic E-state index is 12.8. The second-order valence-corrected chi connectivity index (χ2v) is 5.87. The first-order valence-corrected chi connectivity index (χ1v) is 7.58. The molecule has 1 aliphatic rings. The Labute approximate surface area is 140 Å². The predicted molar refractivity (Wildman–Crippen MR) is 82.8 cm³/mol. The highest BCUT2D eigenvalue weighted by Gasteiger charge is 2.38. The van der Waals surface area contributed by atoms with E-state index in [1.165, 1.54) is 24.3 Å². The summed E-state index contributed by atoms with van der Waals surface area (Å²) in [6.45, 7) is -0.320. The van der Waals surface area contributed by atoms with Crippen LogP contribution in [0.25, 0.3) is 0 Å². The Morgan fingerprint density at radius 2 is 1.88 bits per heavy atom. The van der Waals surface area contributed by atoms with Crippen LogP contribution in [0.2, 0.25) is 0 Å². The lowest BCUT2D eigenvalue weighted by Crippen LogP contribution is -2.21. The van der Waals surface area contributed by atoms with Crippen molar-refractivity contribution in [2.24, 2.45) is 5.73 Å². The van der Waals surface area contributed by atoms with Crippen LogP contribution < -0.4 is 11.1 Å². The van der Waals surface area contributed by atoms with Gasteiger partial charge in [-0.05, 0) is 43.2 Å². The van der Waals surface area contributed by atoms with Crippen molar-refractivity contribution < 1.29 is 22.8 Å². The number of rotatable bonds is 5. The molecule has 0 saturated heterocycles. The Hall–Kier alpha value is -2.84. The molecular formula is C16H15F3N4O2. The SMILES string of the molecule is NC(=O)c1ccc(NC(=O)Cn2nc(C(F)(F)F)cc2C2CC2)cc1. The fraction of sp³-hybridized carbons (Fsp3) is 0.312. The zero-order valence-electron chi connectivity index (χ0n) is 13.0. The molecule has 2 amide bonds. The van der Waals surface area contributed by atoms with Gasteiger partial charge in [0.25, 0.3) is 0 Å². The zero-order valence-corrected chi connectivity index (χ0v) is 13.0. The van der Waals surface area contributed by atoms with Gasteiger partial charge in [0.05, 0.1) is 0 Å². The molecule has 1 aliphatic carbocycles. The second kappa shape index (κ2) is 6.23. The number of carbonyl (C=O) groups excluding carboxylic acids is 2. The van der Waals surface area contributed by atoms with E-state index >= 15 is 0 Å². The van der Waals surface area contributed by atoms with Crippen molar-refractivity contribution in [1.29, 1.82) is 0 Å². The number of amides is 2. The van der Waals surface area contributed by atoms with Crippen LogP contribution in [-0.2, 0) is 17.5 Å². The van der Waals surface area contributed by atoms with Crippen molar-refractivity contribution in [2.45, 2.75) is 31.5 Å². The van der Waals surface area contributed by atoms with E-state index in [4.69, 9.17) is 5.73 Å². The molecule has 1 aromatic carbocycles. The largest absolute Gasteiger partial charge is 0.435 e. The van der Waals surface area contributed by atoms with E-state index in [1.807, 2.05) is 0 Å². The molecule has 132 valence electrons. The summed E-state index contributed by atoms with van der Waals surface area (Å²) in [5.41, 5.74) is 5.25. The molecule has 0 radical (unpaired) electrons. The standard InChI is InChI=1S/C16H15F3N4O2/c17-16(18,19)13-7-12(9-1-2-9)23(22-13)8-14(24)21-11-5-3-10(4-6-11)15(20)25/h3-7,9H,1-2,8H2,(H2,20,25)(H,21,24). The highest BCUT2D eigenvalue weighted by molar-refractivity contribution is 5.94. The highest BCUT2D eigenvalue weighted by atomic mass is 19.4. The number of hydrogen-bond donors (Lipinski definition) is 2. The van der Waals surface area contributed by atoms with Crippen LogP contribution in [0.4, 0.5) is 18.9 Å². The lowest BCUT2D eigenvalue weighted by atomic mass is 10.2. The first-order chi connectivity index (χ1) is 11.7. The Kier molecular flexibility index (Phi) is 4.23. The molecular weight excluding hydrogens is 337 g/mol. The van der Waals surface area contributed by atoms with Gasteiger partial charge in [-0.1, -0.05) is 0 Å². The number of aromatic nitrogens is 2. The summed E-state index contributed by atoms with van der Waals surface area (Å²) >= 11 is 0. The average molecular weight is 352 g/mol. The van der Waals surface area contributed by atoms with Gasteiger partial charge < -0.3 is 11.1 Å². The first-order valence-electron chi connectivity index (χ1n) is 7.58. The third kappa shape index (κ3) is 3.98. The molecule has 0 unspecified atom stereocenters. The van der Waals surface area contributed by atoms with Gasteiger partial charge in [0, 0.05) is 22.9 Å². The van der Waals surface area contributed by atoms with Gasteiger partial charge in [-0.2, -0.15) is 18.3 Å². The molecule has 6 nitrogen and oxygen atoms in total. The van der Waals surface area contributed by atoms with E-state index in [0.717, 1.165) is 23.6 Å². The van der Waals surface area contributed by atoms with E-state index in [1.54, 1.807) is 0 Å². The molecule has 3 rings (SSSR count). The monoisotopic (exact) mass is 352 g/mol. The minimum atomic E-state index is -4.55. The van der Waals surface area contributed by atoms with Gasteiger partial charge >= 0.3 is 6.18 Å². The fourth-order valence-corrected chi connectivity index (χ4v) is 2.46. The van der Waals surface area contributed by atoms with E-state index in [-0.39, 0.29) is 18.0 Å². The molecule has 1 aromatic heterocycles. The van der Waals surface area contributed by atoms with Crippen LogP contribution in [0, 0.1) is 0 Å². The number of anilines is 1. The number of nitrogens with two attached hydrogens (primary N) is 1. The summed E-state index contributed by atoms with van der Waals surface area (Å²) in [6, 6.07) is 6.88. The molecule has 1 saturated carbocycles. The summed E-state index contributed by atoms with van der Waals surface area (Å²) in [5, 5.41) is 6.09. The fourth-order valence-electron chi connectivity index (χ4n) is 2.46. The lowest BCUT2D eigenvalue weighted by Gasteiger charge is -2.08. The van der Waals surface area contributed by atoms with Crippen LogP contribution >= 0.6 is 0 Å². The number of nitrogens with one attached hydrogen (secondary N) is 1. The van der Waals surface area contributed by atoms with E-state index < -0.39 is 23.7 Å². The van der Waals surface area contributed by atoms with Crippen LogP contribution in [0.1, 0.15) is 40.5 Å². The Morgan fingerprint density at radius 1 is 1.24 bits per heavy atom. The first kappa shape index (κ1) is 17.0. The third-order valence-electron chi connectivity index (χ3n) is 3.84. The van der Waals surface area contributed by atoms with Gasteiger partial charge in [0.15, 0.2) is 5.69 Å². The summed E-state index contributed by atoms with van der Waals surface area (Å²) in [6.07, 6.45) is -2.96. The van der Waals surface area contributed by atoms with Crippen LogP contribution in [0.3, 0.4) is 0 Å². The summed E-state index contributed by atoms with van der Waals surface area (Å²) in [5.74, 6) is -1.08. The minimum absolute atomic E-state index is 0.0197. The smallest absolute Gasteiger partial charge is 0.366 e. The molecule has 0 atom stereocenters. The second-order valence-electron chi connectivity index (χ2n) is 5.87. The predicted octanol–water partition coefficient (Wildman–Crippen LogP) is 2.52. The Bertz CT molecular complexity index is 808. The molecule has 2 aromatic rings. The quantitative estimate of drug-likeness (QED) is 0.866. The molecule has 9 heteroatoms. The van der Waals surface area contributed by atoms with Gasteiger partial charge in [-0.3, -0.25) is 14.3 Å². The molecule has 25 heavy (non-hydrogen) atoms. The number of benzene rings is 1. The van der Waals surface area contributed by atoms with Gasteiger partial charge in [-0.15, -0.1) is 0 Å². The maximum Gasteiger partial charge on any atom is 0.435 e. The number of alkyl halides is 3. The normalized spacial score (nSPS) is 14.4. The van der Waals surface area contributed by atoms with E-state index in [9.17, 15) is 22.8 Å². The Balaban J connectivity index is 1.72. The third-order valence-corrected chi connectivity index (χ3v) is 3.84. The van der Waals surface area contributed by atoms with Crippen LogP contribution in [-0.4, -0.2) is 21.6 Å². The Morgan fingerprint density at radius 3 is 2.40 bits per heavy atom. The maximum atomic E-state index is 12.8. The average Bonchev–Trinajstić information content (AvgIpc) is 3.27. The number of carbonyl (C=O) groups is 2. The van der Waals surface area contributed by atoms with Crippen molar-refractivity contribution in [3.05, 3.63) is 47.3 Å². The lowest BCUT2D eigenvalue weighted by molar-refractivity contribution is -0.141. The van der Waals surface area contributed by atoms with Crippen molar-refractivity contribution in [2.75, 3.05) is 5.32 Å². The van der Waals surface area contributed by atoms with Crippen molar-refractivity contribution in [1.82, 2.24) is 9.78 Å². The van der Waals surface area contributed by atoms with E-state index in [0.29, 0.717) is 11.4 Å². The van der Waals surface area contributed by atoms with Crippen molar-refractivity contribution in [3.63, 3.8) is 0 Å². The van der Waals surface area contributed by atoms with Crippen LogP contribution in [0.5, 0.6) is 0 Å². The van der Waals surface area contributed by atoms with Gasteiger partial charge in [0.2, 0.25) is 11.8 Å². The van der Waals surface area contributed by atoms with Gasteiger partial charge in [0.1, 0.15) is 6.54 Å².